The fourth-order valence-electron chi connectivity index (χ4n) is 4.64. The van der Waals surface area contributed by atoms with Gasteiger partial charge in [-0.15, -0.1) is 0 Å². The number of fused-ring (bicyclic) bond motifs is 3. The Balaban J connectivity index is 1.97. The maximum atomic E-state index is 12.5. The second kappa shape index (κ2) is 7.99. The van der Waals surface area contributed by atoms with E-state index in [9.17, 15) is 14.4 Å². The fraction of sp³-hybridized carbons (Fsp3) is 0.500. The van der Waals surface area contributed by atoms with Gasteiger partial charge in [0, 0.05) is 36.3 Å². The van der Waals surface area contributed by atoms with Crippen molar-refractivity contribution in [1.82, 2.24) is 0 Å². The lowest BCUT2D eigenvalue weighted by Gasteiger charge is -2.29. The Morgan fingerprint density at radius 1 is 1.24 bits per heavy atom. The molecule has 1 N–H and O–H groups in total. The van der Waals surface area contributed by atoms with Crippen molar-refractivity contribution in [3.8, 4) is 0 Å². The summed E-state index contributed by atoms with van der Waals surface area (Å²) in [5, 5.41) is 9.02. The summed E-state index contributed by atoms with van der Waals surface area (Å²) in [4.78, 5) is 36.3. The van der Waals surface area contributed by atoms with E-state index in [1.165, 1.54) is 13.0 Å². The molecule has 6 atom stereocenters. The summed E-state index contributed by atoms with van der Waals surface area (Å²) < 4.78 is 16.8. The summed E-state index contributed by atoms with van der Waals surface area (Å²) in [5.74, 6) is -2.55. The summed E-state index contributed by atoms with van der Waals surface area (Å²) >= 11 is 0. The minimum atomic E-state index is -0.697. The van der Waals surface area contributed by atoms with Gasteiger partial charge >= 0.3 is 17.9 Å². The lowest BCUT2D eigenvalue weighted by Crippen LogP contribution is -2.37. The standard InChI is InChI=1S/C22H26O7/c1-10(6-7-23)21(25)28-16-8-11(2)17-15(27-14(5)24)9-12(3)18(17)20-19(16)13(4)22(26)29-20/h6,9,15-20,23H,2,4,7-8H2,1,3,5H3/b10-6+/t15-,16-,17?,18?,19-,20-/m1/s1. The van der Waals surface area contributed by atoms with E-state index >= 15 is 0 Å². The average molecular weight is 402 g/mol. The molecule has 3 rings (SSSR count). The van der Waals surface area contributed by atoms with Gasteiger partial charge in [0.25, 0.3) is 0 Å². The maximum absolute atomic E-state index is 12.5. The molecule has 2 fully saturated rings. The van der Waals surface area contributed by atoms with E-state index in [2.05, 4.69) is 13.2 Å². The summed E-state index contributed by atoms with van der Waals surface area (Å²) in [5.41, 5.74) is 2.22. The minimum Gasteiger partial charge on any atom is -0.458 e. The van der Waals surface area contributed by atoms with Crippen molar-refractivity contribution >= 4 is 17.9 Å². The van der Waals surface area contributed by atoms with Crippen molar-refractivity contribution in [3.05, 3.63) is 47.6 Å². The molecule has 3 aliphatic rings. The Kier molecular flexibility index (Phi) is 5.80. The lowest BCUT2D eigenvalue weighted by atomic mass is 9.79. The highest BCUT2D eigenvalue weighted by Gasteiger charge is 2.56. The Labute approximate surface area is 169 Å². The molecule has 1 heterocycles. The number of aliphatic hydroxyl groups excluding tert-OH is 1. The number of ether oxygens (including phenoxy) is 3. The van der Waals surface area contributed by atoms with Crippen LogP contribution in [-0.4, -0.2) is 47.9 Å². The smallest absolute Gasteiger partial charge is 0.334 e. The zero-order valence-corrected chi connectivity index (χ0v) is 16.8. The van der Waals surface area contributed by atoms with Crippen molar-refractivity contribution in [1.29, 1.82) is 0 Å². The van der Waals surface area contributed by atoms with Gasteiger partial charge in [-0.1, -0.05) is 24.3 Å². The Morgan fingerprint density at radius 3 is 2.55 bits per heavy atom. The summed E-state index contributed by atoms with van der Waals surface area (Å²) in [6, 6.07) is 0. The molecule has 1 saturated carbocycles. The second-order valence-electron chi connectivity index (χ2n) is 7.83. The molecule has 1 saturated heterocycles. The van der Waals surface area contributed by atoms with Crippen molar-refractivity contribution < 1.29 is 33.7 Å². The van der Waals surface area contributed by atoms with Crippen LogP contribution in [0.15, 0.2) is 47.6 Å². The van der Waals surface area contributed by atoms with E-state index in [1.807, 2.05) is 13.0 Å². The number of hydrogen-bond acceptors (Lipinski definition) is 7. The SMILES string of the molecule is C=C1C[C@@H](OC(=O)/C(C)=C/CO)[C@H]2C(=C)C(=O)O[C@@H]2C2C(C)=C[C@@H](OC(C)=O)C12. The molecule has 2 aliphatic carbocycles. The predicted octanol–water partition coefficient (Wildman–Crippen LogP) is 2.02. The van der Waals surface area contributed by atoms with Gasteiger partial charge in [-0.3, -0.25) is 4.79 Å². The van der Waals surface area contributed by atoms with E-state index < -0.39 is 42.1 Å². The predicted molar refractivity (Wildman–Crippen MR) is 103 cm³/mol. The molecule has 0 spiro atoms. The first-order valence-electron chi connectivity index (χ1n) is 9.57. The maximum Gasteiger partial charge on any atom is 0.334 e. The highest BCUT2D eigenvalue weighted by molar-refractivity contribution is 5.92. The van der Waals surface area contributed by atoms with Crippen molar-refractivity contribution in [2.24, 2.45) is 17.8 Å². The molecule has 0 radical (unpaired) electrons. The van der Waals surface area contributed by atoms with Gasteiger partial charge < -0.3 is 19.3 Å². The minimum absolute atomic E-state index is 0.238. The van der Waals surface area contributed by atoms with Crippen LogP contribution in [0.2, 0.25) is 0 Å². The third-order valence-electron chi connectivity index (χ3n) is 5.92. The third-order valence-corrected chi connectivity index (χ3v) is 5.92. The number of esters is 3. The molecule has 2 unspecified atom stereocenters. The number of carbonyl (C=O) groups is 3. The van der Waals surface area contributed by atoms with Crippen LogP contribution < -0.4 is 0 Å². The molecule has 1 aliphatic heterocycles. The Hall–Kier alpha value is -2.67. The Morgan fingerprint density at radius 2 is 1.93 bits per heavy atom. The van der Waals surface area contributed by atoms with Gasteiger partial charge in [0.1, 0.15) is 18.3 Å². The number of rotatable bonds is 4. The van der Waals surface area contributed by atoms with Crippen LogP contribution in [0.5, 0.6) is 0 Å². The highest BCUT2D eigenvalue weighted by Crippen LogP contribution is 2.51. The molecule has 7 heteroatoms. The van der Waals surface area contributed by atoms with Crippen LogP contribution in [0.25, 0.3) is 0 Å². The quantitative estimate of drug-likeness (QED) is 0.332. The zero-order chi connectivity index (χ0) is 21.5. The van der Waals surface area contributed by atoms with Gasteiger partial charge in [0.15, 0.2) is 0 Å². The van der Waals surface area contributed by atoms with E-state index in [1.54, 1.807) is 6.92 Å². The fourth-order valence-corrected chi connectivity index (χ4v) is 4.64. The molecule has 0 bridgehead atoms. The molecule has 0 aromatic carbocycles. The van der Waals surface area contributed by atoms with Crippen LogP contribution in [0.4, 0.5) is 0 Å². The normalized spacial score (nSPS) is 34.0. The molecule has 7 nitrogen and oxygen atoms in total. The van der Waals surface area contributed by atoms with E-state index in [0.29, 0.717) is 0 Å². The first-order valence-corrected chi connectivity index (χ1v) is 9.57. The third kappa shape index (κ3) is 3.79. The van der Waals surface area contributed by atoms with E-state index in [0.717, 1.165) is 11.1 Å². The summed E-state index contributed by atoms with van der Waals surface area (Å²) in [6.45, 7) is 12.6. The van der Waals surface area contributed by atoms with Crippen LogP contribution in [-0.2, 0) is 28.6 Å². The molecule has 0 amide bonds. The first-order chi connectivity index (χ1) is 13.6. The van der Waals surface area contributed by atoms with E-state index in [-0.39, 0.29) is 36.0 Å². The molecule has 0 aromatic heterocycles. The molecular weight excluding hydrogens is 376 g/mol. The van der Waals surface area contributed by atoms with Crippen molar-refractivity contribution in [2.45, 2.75) is 45.5 Å². The largest absolute Gasteiger partial charge is 0.458 e. The highest BCUT2D eigenvalue weighted by atomic mass is 16.6. The van der Waals surface area contributed by atoms with Gasteiger partial charge in [-0.25, -0.2) is 9.59 Å². The van der Waals surface area contributed by atoms with Crippen molar-refractivity contribution in [2.75, 3.05) is 6.61 Å². The van der Waals surface area contributed by atoms with Crippen LogP contribution in [0, 0.1) is 17.8 Å². The molecule has 156 valence electrons. The van der Waals surface area contributed by atoms with Gasteiger partial charge in [-0.2, -0.15) is 0 Å². The second-order valence-corrected chi connectivity index (χ2v) is 7.83. The lowest BCUT2D eigenvalue weighted by molar-refractivity contribution is -0.150. The van der Waals surface area contributed by atoms with Gasteiger partial charge in [-0.05, 0) is 26.0 Å². The van der Waals surface area contributed by atoms with Crippen LogP contribution >= 0.6 is 0 Å². The number of hydrogen-bond donors (Lipinski definition) is 1. The first kappa shape index (κ1) is 21.0. The van der Waals surface area contributed by atoms with Gasteiger partial charge in [0.05, 0.1) is 12.5 Å². The molecular formula is C22H26O7. The van der Waals surface area contributed by atoms with Crippen LogP contribution in [0.3, 0.4) is 0 Å². The topological polar surface area (TPSA) is 99.1 Å². The zero-order valence-electron chi connectivity index (χ0n) is 16.8. The number of aliphatic hydroxyl groups is 1. The molecule has 29 heavy (non-hydrogen) atoms. The summed E-state index contributed by atoms with van der Waals surface area (Å²) in [6.07, 6.45) is 1.72. The average Bonchev–Trinajstić information content (AvgIpc) is 3.05. The van der Waals surface area contributed by atoms with Gasteiger partial charge in [0.2, 0.25) is 0 Å². The summed E-state index contributed by atoms with van der Waals surface area (Å²) in [7, 11) is 0. The monoisotopic (exact) mass is 402 g/mol. The van der Waals surface area contributed by atoms with E-state index in [4.69, 9.17) is 19.3 Å². The number of carbonyl (C=O) groups excluding carboxylic acids is 3. The Bertz CT molecular complexity index is 834. The van der Waals surface area contributed by atoms with Crippen molar-refractivity contribution in [3.63, 3.8) is 0 Å². The van der Waals surface area contributed by atoms with Crippen LogP contribution in [0.1, 0.15) is 27.2 Å². The molecule has 0 aromatic rings.